The average molecular weight is 448 g/mol. The van der Waals surface area contributed by atoms with Crippen LogP contribution in [0.1, 0.15) is 28.8 Å². The van der Waals surface area contributed by atoms with Gasteiger partial charge in [-0.3, -0.25) is 4.79 Å². The molecule has 2 aromatic rings. The third-order valence-electron chi connectivity index (χ3n) is 4.54. The fourth-order valence-corrected chi connectivity index (χ4v) is 3.22. The Morgan fingerprint density at radius 1 is 1.04 bits per heavy atom. The molecule has 2 aromatic carbocycles. The topological polar surface area (TPSA) is 65.1 Å². The molecule has 1 aliphatic carbocycles. The summed E-state index contributed by atoms with van der Waals surface area (Å²) in [6, 6.07) is 12.8. The zero-order chi connectivity index (χ0) is 20.1. The van der Waals surface area contributed by atoms with Crippen LogP contribution < -0.4 is 9.47 Å². The van der Waals surface area contributed by atoms with Crippen LogP contribution in [0.25, 0.3) is 0 Å². The van der Waals surface area contributed by atoms with Gasteiger partial charge in [0.15, 0.2) is 6.61 Å². The number of esters is 1. The third-order valence-corrected chi connectivity index (χ3v) is 5.23. The Bertz CT molecular complexity index is 848. The fraction of sp³-hybridized carbons (Fsp3) is 0.333. The Morgan fingerprint density at radius 3 is 2.29 bits per heavy atom. The molecule has 1 aliphatic rings. The summed E-state index contributed by atoms with van der Waals surface area (Å²) in [6.07, 6.45) is 1.94. The zero-order valence-electron chi connectivity index (χ0n) is 15.8. The number of methoxy groups -OCH3 is 2. The second-order valence-corrected chi connectivity index (χ2v) is 7.38. The molecule has 0 N–H and O–H groups in total. The first-order valence-electron chi connectivity index (χ1n) is 8.95. The number of halogens is 1. The van der Waals surface area contributed by atoms with Crippen molar-refractivity contribution in [3.05, 3.63) is 58.1 Å². The molecule has 0 heterocycles. The predicted molar refractivity (Wildman–Crippen MR) is 108 cm³/mol. The minimum Gasteiger partial charge on any atom is -0.497 e. The SMILES string of the molecule is COc1ccc(CN(C(=O)COC(=O)c2cc(OC)ccc2Br)C2CC2)cc1. The van der Waals surface area contributed by atoms with Crippen LogP contribution in [0.3, 0.4) is 0 Å². The number of hydrogen-bond acceptors (Lipinski definition) is 5. The number of carbonyl (C=O) groups excluding carboxylic acids is 2. The van der Waals surface area contributed by atoms with E-state index in [0.29, 0.717) is 22.3 Å². The molecule has 0 atom stereocenters. The highest BCUT2D eigenvalue weighted by atomic mass is 79.9. The van der Waals surface area contributed by atoms with Gasteiger partial charge in [0.1, 0.15) is 11.5 Å². The molecule has 0 unspecified atom stereocenters. The van der Waals surface area contributed by atoms with Crippen molar-refractivity contribution in [1.82, 2.24) is 4.90 Å². The summed E-state index contributed by atoms with van der Waals surface area (Å²) < 4.78 is 16.2. The molecule has 7 heteroatoms. The van der Waals surface area contributed by atoms with E-state index in [0.717, 1.165) is 24.2 Å². The zero-order valence-corrected chi connectivity index (χ0v) is 17.4. The molecule has 0 aromatic heterocycles. The monoisotopic (exact) mass is 447 g/mol. The first-order valence-corrected chi connectivity index (χ1v) is 9.74. The lowest BCUT2D eigenvalue weighted by Crippen LogP contribution is -2.36. The van der Waals surface area contributed by atoms with Crippen molar-refractivity contribution in [1.29, 1.82) is 0 Å². The van der Waals surface area contributed by atoms with Gasteiger partial charge in [-0.1, -0.05) is 12.1 Å². The highest BCUT2D eigenvalue weighted by molar-refractivity contribution is 9.10. The average Bonchev–Trinajstić information content (AvgIpc) is 3.56. The van der Waals surface area contributed by atoms with Crippen LogP contribution in [0.5, 0.6) is 11.5 Å². The number of carbonyl (C=O) groups is 2. The molecule has 1 amide bonds. The second-order valence-electron chi connectivity index (χ2n) is 6.52. The fourth-order valence-electron chi connectivity index (χ4n) is 2.81. The van der Waals surface area contributed by atoms with Crippen molar-refractivity contribution >= 4 is 27.8 Å². The van der Waals surface area contributed by atoms with E-state index in [-0.39, 0.29) is 18.6 Å². The largest absolute Gasteiger partial charge is 0.497 e. The van der Waals surface area contributed by atoms with Crippen LogP contribution in [0, 0.1) is 0 Å². The lowest BCUT2D eigenvalue weighted by atomic mass is 10.2. The molecule has 6 nitrogen and oxygen atoms in total. The lowest BCUT2D eigenvalue weighted by Gasteiger charge is -2.22. The van der Waals surface area contributed by atoms with Gasteiger partial charge in [-0.2, -0.15) is 0 Å². The van der Waals surface area contributed by atoms with E-state index >= 15 is 0 Å². The predicted octanol–water partition coefficient (Wildman–Crippen LogP) is 3.81. The molecule has 1 saturated carbocycles. The molecule has 3 rings (SSSR count). The van der Waals surface area contributed by atoms with Crippen LogP contribution in [-0.2, 0) is 16.1 Å². The molecular weight excluding hydrogens is 426 g/mol. The first-order chi connectivity index (χ1) is 13.5. The molecule has 0 aliphatic heterocycles. The van der Waals surface area contributed by atoms with Crippen molar-refractivity contribution in [3.8, 4) is 11.5 Å². The molecule has 0 bridgehead atoms. The third kappa shape index (κ3) is 5.04. The summed E-state index contributed by atoms with van der Waals surface area (Å²) in [5.41, 5.74) is 1.32. The van der Waals surface area contributed by atoms with Gasteiger partial charge >= 0.3 is 5.97 Å². The highest BCUT2D eigenvalue weighted by Gasteiger charge is 2.33. The van der Waals surface area contributed by atoms with Crippen molar-refractivity contribution in [2.24, 2.45) is 0 Å². The van der Waals surface area contributed by atoms with Crippen LogP contribution in [0.4, 0.5) is 0 Å². The van der Waals surface area contributed by atoms with Crippen molar-refractivity contribution in [2.45, 2.75) is 25.4 Å². The minimum atomic E-state index is -0.570. The van der Waals surface area contributed by atoms with E-state index < -0.39 is 5.97 Å². The van der Waals surface area contributed by atoms with Gasteiger partial charge in [-0.05, 0) is 64.7 Å². The van der Waals surface area contributed by atoms with Crippen LogP contribution in [-0.4, -0.2) is 43.6 Å². The Kier molecular flexibility index (Phi) is 6.57. The Morgan fingerprint density at radius 2 is 1.68 bits per heavy atom. The normalized spacial score (nSPS) is 13.0. The van der Waals surface area contributed by atoms with Gasteiger partial charge in [-0.25, -0.2) is 4.79 Å². The summed E-state index contributed by atoms with van der Waals surface area (Å²) >= 11 is 3.32. The molecule has 148 valence electrons. The maximum absolute atomic E-state index is 12.7. The first kappa shape index (κ1) is 20.2. The number of amides is 1. The smallest absolute Gasteiger partial charge is 0.339 e. The van der Waals surface area contributed by atoms with E-state index in [1.54, 1.807) is 30.2 Å². The molecule has 0 spiro atoms. The van der Waals surface area contributed by atoms with Crippen LogP contribution >= 0.6 is 15.9 Å². The van der Waals surface area contributed by atoms with Crippen molar-refractivity contribution < 1.29 is 23.8 Å². The summed E-state index contributed by atoms with van der Waals surface area (Å²) in [5, 5.41) is 0. The number of rotatable bonds is 8. The van der Waals surface area contributed by atoms with E-state index in [2.05, 4.69) is 15.9 Å². The molecular formula is C21H22BrNO5. The number of nitrogens with zero attached hydrogens (tertiary/aromatic N) is 1. The summed E-state index contributed by atoms with van der Waals surface area (Å²) in [7, 11) is 3.14. The second kappa shape index (κ2) is 9.10. The van der Waals surface area contributed by atoms with Gasteiger partial charge in [0.25, 0.3) is 5.91 Å². The van der Waals surface area contributed by atoms with Crippen molar-refractivity contribution in [2.75, 3.05) is 20.8 Å². The van der Waals surface area contributed by atoms with Crippen LogP contribution in [0.2, 0.25) is 0 Å². The van der Waals surface area contributed by atoms with E-state index in [4.69, 9.17) is 14.2 Å². The maximum Gasteiger partial charge on any atom is 0.339 e. The Balaban J connectivity index is 1.62. The number of hydrogen-bond donors (Lipinski definition) is 0. The molecule has 0 radical (unpaired) electrons. The van der Waals surface area contributed by atoms with E-state index in [9.17, 15) is 9.59 Å². The number of ether oxygens (including phenoxy) is 3. The minimum absolute atomic E-state index is 0.203. The summed E-state index contributed by atoms with van der Waals surface area (Å²) in [5.74, 6) is 0.538. The van der Waals surface area contributed by atoms with E-state index in [1.165, 1.54) is 7.11 Å². The standard InChI is InChI=1S/C21H22BrNO5/c1-26-16-7-3-14(4-8-16)12-23(15-5-6-15)20(24)13-28-21(25)18-11-17(27-2)9-10-19(18)22/h3-4,7-11,15H,5-6,12-13H2,1-2H3. The van der Waals surface area contributed by atoms with Gasteiger partial charge in [0.2, 0.25) is 0 Å². The Labute approximate surface area is 172 Å². The molecule has 0 saturated heterocycles. The summed E-state index contributed by atoms with van der Waals surface area (Å²) in [6.45, 7) is 0.184. The summed E-state index contributed by atoms with van der Waals surface area (Å²) in [4.78, 5) is 26.8. The van der Waals surface area contributed by atoms with Gasteiger partial charge < -0.3 is 19.1 Å². The van der Waals surface area contributed by atoms with Crippen molar-refractivity contribution in [3.63, 3.8) is 0 Å². The van der Waals surface area contributed by atoms with Gasteiger partial charge in [-0.15, -0.1) is 0 Å². The van der Waals surface area contributed by atoms with Crippen LogP contribution in [0.15, 0.2) is 46.9 Å². The maximum atomic E-state index is 12.7. The number of benzene rings is 2. The molecule has 28 heavy (non-hydrogen) atoms. The van der Waals surface area contributed by atoms with Gasteiger partial charge in [0, 0.05) is 17.1 Å². The van der Waals surface area contributed by atoms with E-state index in [1.807, 2.05) is 24.3 Å². The van der Waals surface area contributed by atoms with Gasteiger partial charge in [0.05, 0.1) is 19.8 Å². The lowest BCUT2D eigenvalue weighted by molar-refractivity contribution is -0.135. The highest BCUT2D eigenvalue weighted by Crippen LogP contribution is 2.29. The quantitative estimate of drug-likeness (QED) is 0.575. The Hall–Kier alpha value is -2.54. The molecule has 1 fully saturated rings.